The number of rotatable bonds is 2. The Morgan fingerprint density at radius 2 is 2.23 bits per heavy atom. The monoisotopic (exact) mass is 184 g/mol. The fourth-order valence-corrected chi connectivity index (χ4v) is 1.82. The first-order valence-electron chi connectivity index (χ1n) is 5.01. The number of hydrogen-bond donors (Lipinski definition) is 1. The van der Waals surface area contributed by atoms with Gasteiger partial charge in [0.25, 0.3) is 0 Å². The van der Waals surface area contributed by atoms with Gasteiger partial charge < -0.3 is 10.6 Å². The summed E-state index contributed by atoms with van der Waals surface area (Å²) in [5.74, 6) is 0.717. The number of nitrogens with two attached hydrogens (primary N) is 1. The first-order chi connectivity index (χ1) is 5.95. The Labute approximate surface area is 80.3 Å². The minimum absolute atomic E-state index is 0.150. The molecule has 0 spiro atoms. The van der Waals surface area contributed by atoms with Crippen LogP contribution in [0, 0.1) is 5.92 Å². The molecule has 2 N–H and O–H groups in total. The van der Waals surface area contributed by atoms with Crippen molar-refractivity contribution in [1.29, 1.82) is 0 Å². The highest BCUT2D eigenvalue weighted by atomic mass is 16.2. The second-order valence-electron chi connectivity index (χ2n) is 4.50. The van der Waals surface area contributed by atoms with Gasteiger partial charge in [0.2, 0.25) is 5.91 Å². The molecule has 1 fully saturated rings. The topological polar surface area (TPSA) is 46.3 Å². The van der Waals surface area contributed by atoms with Gasteiger partial charge in [-0.15, -0.1) is 0 Å². The summed E-state index contributed by atoms with van der Waals surface area (Å²) in [5.41, 5.74) is 5.86. The van der Waals surface area contributed by atoms with Crippen LogP contribution in [0.15, 0.2) is 0 Å². The van der Waals surface area contributed by atoms with Crippen LogP contribution >= 0.6 is 0 Å². The van der Waals surface area contributed by atoms with Gasteiger partial charge in [-0.1, -0.05) is 6.92 Å². The summed E-state index contributed by atoms with van der Waals surface area (Å²) >= 11 is 0. The number of carbonyl (C=O) groups is 1. The van der Waals surface area contributed by atoms with Crippen LogP contribution in [0.2, 0.25) is 0 Å². The van der Waals surface area contributed by atoms with Crippen LogP contribution in [0.3, 0.4) is 0 Å². The van der Waals surface area contributed by atoms with Gasteiger partial charge in [-0.25, -0.2) is 0 Å². The molecule has 0 aromatic heterocycles. The Morgan fingerprint density at radius 1 is 1.62 bits per heavy atom. The van der Waals surface area contributed by atoms with Gasteiger partial charge in [0.1, 0.15) is 0 Å². The second-order valence-corrected chi connectivity index (χ2v) is 4.50. The second kappa shape index (κ2) is 3.66. The summed E-state index contributed by atoms with van der Waals surface area (Å²) in [6.07, 6.45) is 1.66. The molecule has 13 heavy (non-hydrogen) atoms. The average molecular weight is 184 g/mol. The Bertz CT molecular complexity index is 196. The molecule has 1 aliphatic heterocycles. The maximum absolute atomic E-state index is 11.4. The molecular weight excluding hydrogens is 164 g/mol. The Balaban J connectivity index is 2.50. The van der Waals surface area contributed by atoms with Gasteiger partial charge in [0.05, 0.1) is 0 Å². The third kappa shape index (κ3) is 2.44. The Morgan fingerprint density at radius 3 is 2.62 bits per heavy atom. The minimum atomic E-state index is -0.150. The molecule has 0 radical (unpaired) electrons. The molecule has 3 heteroatoms. The van der Waals surface area contributed by atoms with Gasteiger partial charge in [-0.3, -0.25) is 4.79 Å². The van der Waals surface area contributed by atoms with Crippen LogP contribution in [0.5, 0.6) is 0 Å². The van der Waals surface area contributed by atoms with E-state index in [4.69, 9.17) is 5.73 Å². The van der Waals surface area contributed by atoms with Gasteiger partial charge >= 0.3 is 0 Å². The highest BCUT2D eigenvalue weighted by molar-refractivity contribution is 5.76. The van der Waals surface area contributed by atoms with Gasteiger partial charge in [0, 0.05) is 25.0 Å². The molecule has 76 valence electrons. The Hall–Kier alpha value is -0.570. The quantitative estimate of drug-likeness (QED) is 0.695. The SMILES string of the molecule is CCC(=O)N1CC[C@H](C(C)(C)N)C1. The standard InChI is InChI=1S/C10H20N2O/c1-4-9(13)12-6-5-8(7-12)10(2,3)11/h8H,4-7,11H2,1-3H3/t8-/m0/s1. The van der Waals surface area contributed by atoms with Crippen LogP contribution in [0.25, 0.3) is 0 Å². The van der Waals surface area contributed by atoms with Crippen LogP contribution < -0.4 is 5.73 Å². The van der Waals surface area contributed by atoms with Gasteiger partial charge in [0.15, 0.2) is 0 Å². The van der Waals surface area contributed by atoms with Crippen LogP contribution in [-0.2, 0) is 4.79 Å². The van der Waals surface area contributed by atoms with E-state index < -0.39 is 0 Å². The van der Waals surface area contributed by atoms with Crippen LogP contribution in [-0.4, -0.2) is 29.4 Å². The predicted molar refractivity (Wildman–Crippen MR) is 53.2 cm³/mol. The number of nitrogens with zero attached hydrogens (tertiary/aromatic N) is 1. The third-order valence-electron chi connectivity index (χ3n) is 2.90. The lowest BCUT2D eigenvalue weighted by molar-refractivity contribution is -0.129. The molecular formula is C10H20N2O. The Kier molecular flexibility index (Phi) is 2.96. The van der Waals surface area contributed by atoms with E-state index in [1.165, 1.54) is 0 Å². The number of amides is 1. The summed E-state index contributed by atoms with van der Waals surface area (Å²) in [5, 5.41) is 0. The zero-order chi connectivity index (χ0) is 10.1. The van der Waals surface area contributed by atoms with Crippen molar-refractivity contribution < 1.29 is 4.79 Å². The largest absolute Gasteiger partial charge is 0.342 e. The van der Waals surface area contributed by atoms with E-state index in [1.807, 2.05) is 25.7 Å². The molecule has 0 saturated carbocycles. The van der Waals surface area contributed by atoms with E-state index in [-0.39, 0.29) is 11.4 Å². The fraction of sp³-hybridized carbons (Fsp3) is 0.900. The van der Waals surface area contributed by atoms with E-state index in [0.29, 0.717) is 12.3 Å². The van der Waals surface area contributed by atoms with E-state index in [1.54, 1.807) is 0 Å². The van der Waals surface area contributed by atoms with Crippen molar-refractivity contribution in [3.63, 3.8) is 0 Å². The van der Waals surface area contributed by atoms with Crippen molar-refractivity contribution in [1.82, 2.24) is 4.90 Å². The van der Waals surface area contributed by atoms with Gasteiger partial charge in [-0.05, 0) is 26.2 Å². The molecule has 0 aromatic rings. The predicted octanol–water partition coefficient (Wildman–Crippen LogP) is 0.982. The van der Waals surface area contributed by atoms with E-state index in [0.717, 1.165) is 19.5 Å². The molecule has 1 rings (SSSR count). The van der Waals surface area contributed by atoms with Crippen molar-refractivity contribution >= 4 is 5.91 Å². The van der Waals surface area contributed by atoms with Crippen molar-refractivity contribution in [2.75, 3.05) is 13.1 Å². The summed E-state index contributed by atoms with van der Waals surface area (Å²) in [4.78, 5) is 13.3. The fourth-order valence-electron chi connectivity index (χ4n) is 1.82. The highest BCUT2D eigenvalue weighted by Gasteiger charge is 2.33. The molecule has 1 saturated heterocycles. The van der Waals surface area contributed by atoms with Crippen molar-refractivity contribution in [3.8, 4) is 0 Å². The van der Waals surface area contributed by atoms with E-state index >= 15 is 0 Å². The molecule has 1 heterocycles. The molecule has 0 aliphatic carbocycles. The molecule has 1 aliphatic rings. The van der Waals surface area contributed by atoms with E-state index in [2.05, 4.69) is 0 Å². The highest BCUT2D eigenvalue weighted by Crippen LogP contribution is 2.25. The molecule has 3 nitrogen and oxygen atoms in total. The number of carbonyl (C=O) groups excluding carboxylic acids is 1. The number of hydrogen-bond acceptors (Lipinski definition) is 2. The molecule has 1 atom stereocenters. The molecule has 1 amide bonds. The normalized spacial score (nSPS) is 23.7. The summed E-state index contributed by atoms with van der Waals surface area (Å²) in [6.45, 7) is 7.71. The zero-order valence-electron chi connectivity index (χ0n) is 8.84. The third-order valence-corrected chi connectivity index (χ3v) is 2.90. The minimum Gasteiger partial charge on any atom is -0.342 e. The lowest BCUT2D eigenvalue weighted by Gasteiger charge is -2.26. The molecule has 0 unspecified atom stereocenters. The number of likely N-dealkylation sites (tertiary alicyclic amines) is 1. The van der Waals surface area contributed by atoms with Crippen molar-refractivity contribution in [2.45, 2.75) is 39.2 Å². The molecule has 0 bridgehead atoms. The van der Waals surface area contributed by atoms with Crippen LogP contribution in [0.1, 0.15) is 33.6 Å². The van der Waals surface area contributed by atoms with Crippen molar-refractivity contribution in [2.24, 2.45) is 11.7 Å². The maximum Gasteiger partial charge on any atom is 0.222 e. The first kappa shape index (κ1) is 10.5. The average Bonchev–Trinajstić information content (AvgIpc) is 2.50. The lowest BCUT2D eigenvalue weighted by atomic mass is 9.88. The molecule has 0 aromatic carbocycles. The van der Waals surface area contributed by atoms with Gasteiger partial charge in [-0.2, -0.15) is 0 Å². The summed E-state index contributed by atoms with van der Waals surface area (Å²) < 4.78 is 0. The maximum atomic E-state index is 11.4. The zero-order valence-corrected chi connectivity index (χ0v) is 8.84. The van der Waals surface area contributed by atoms with E-state index in [9.17, 15) is 4.79 Å². The summed E-state index contributed by atoms with van der Waals surface area (Å²) in [6, 6.07) is 0. The smallest absolute Gasteiger partial charge is 0.222 e. The van der Waals surface area contributed by atoms with Crippen LogP contribution in [0.4, 0.5) is 0 Å². The van der Waals surface area contributed by atoms with Crippen molar-refractivity contribution in [3.05, 3.63) is 0 Å². The summed E-state index contributed by atoms with van der Waals surface area (Å²) in [7, 11) is 0. The lowest BCUT2D eigenvalue weighted by Crippen LogP contribution is -2.42. The first-order valence-corrected chi connectivity index (χ1v) is 5.01.